The summed E-state index contributed by atoms with van der Waals surface area (Å²) in [6, 6.07) is 0. The predicted molar refractivity (Wildman–Crippen MR) is 27.1 cm³/mol. The second kappa shape index (κ2) is 1.83. The molecule has 2 aliphatic heterocycles. The zero-order valence-corrected chi connectivity index (χ0v) is 5.16. The van der Waals surface area contributed by atoms with Crippen molar-refractivity contribution in [2.24, 2.45) is 0 Å². The van der Waals surface area contributed by atoms with Crippen molar-refractivity contribution in [3.8, 4) is 0 Å². The van der Waals surface area contributed by atoms with Crippen LogP contribution in [0.2, 0.25) is 0 Å². The minimum Gasteiger partial charge on any atom is -0.368 e. The fourth-order valence-electron chi connectivity index (χ4n) is 0.874. The molecule has 0 unspecified atom stereocenters. The van der Waals surface area contributed by atoms with E-state index in [2.05, 4.69) is 9.47 Å². The van der Waals surface area contributed by atoms with Crippen LogP contribution in [0.5, 0.6) is 0 Å². The SMILES string of the molecule is O=C1OC2(COCCO2)O1. The third-order valence-corrected chi connectivity index (χ3v) is 1.31. The van der Waals surface area contributed by atoms with Gasteiger partial charge in [-0.15, -0.1) is 0 Å². The van der Waals surface area contributed by atoms with Gasteiger partial charge in [0, 0.05) is 0 Å². The molecule has 0 radical (unpaired) electrons. The molecular weight excluding hydrogens is 140 g/mol. The van der Waals surface area contributed by atoms with Crippen molar-refractivity contribution in [1.29, 1.82) is 0 Å². The van der Waals surface area contributed by atoms with E-state index in [1.54, 1.807) is 0 Å². The molecule has 0 aromatic carbocycles. The zero-order valence-electron chi connectivity index (χ0n) is 5.16. The number of hydrogen-bond donors (Lipinski definition) is 0. The monoisotopic (exact) mass is 146 g/mol. The van der Waals surface area contributed by atoms with E-state index in [1.165, 1.54) is 0 Å². The van der Waals surface area contributed by atoms with Gasteiger partial charge in [-0.3, -0.25) is 0 Å². The minimum absolute atomic E-state index is 0.165. The highest BCUT2D eigenvalue weighted by atomic mass is 17.0. The van der Waals surface area contributed by atoms with Gasteiger partial charge in [-0.05, 0) is 0 Å². The largest absolute Gasteiger partial charge is 0.518 e. The number of hydrogen-bond acceptors (Lipinski definition) is 5. The van der Waals surface area contributed by atoms with E-state index in [-0.39, 0.29) is 6.61 Å². The minimum atomic E-state index is -1.20. The van der Waals surface area contributed by atoms with Crippen LogP contribution >= 0.6 is 0 Å². The molecule has 2 rings (SSSR count). The zero-order chi connectivity index (χ0) is 7.03. The topological polar surface area (TPSA) is 54.0 Å². The lowest BCUT2D eigenvalue weighted by atomic mass is 10.5. The molecule has 2 fully saturated rings. The highest BCUT2D eigenvalue weighted by Gasteiger charge is 2.52. The first-order valence-corrected chi connectivity index (χ1v) is 2.94. The van der Waals surface area contributed by atoms with Gasteiger partial charge in [-0.2, -0.15) is 0 Å². The summed E-state index contributed by atoms with van der Waals surface area (Å²) in [5.74, 6) is -1.20. The maximum Gasteiger partial charge on any atom is 0.518 e. The first kappa shape index (κ1) is 5.94. The molecule has 0 aromatic heterocycles. The molecule has 2 saturated heterocycles. The third-order valence-electron chi connectivity index (χ3n) is 1.31. The fourth-order valence-corrected chi connectivity index (χ4v) is 0.874. The van der Waals surface area contributed by atoms with E-state index in [0.717, 1.165) is 0 Å². The van der Waals surface area contributed by atoms with Crippen molar-refractivity contribution in [3.05, 3.63) is 0 Å². The van der Waals surface area contributed by atoms with Crippen LogP contribution in [0.4, 0.5) is 4.79 Å². The van der Waals surface area contributed by atoms with Crippen LogP contribution in [0.15, 0.2) is 0 Å². The van der Waals surface area contributed by atoms with Gasteiger partial charge < -0.3 is 18.9 Å². The van der Waals surface area contributed by atoms with Gasteiger partial charge in [0.25, 0.3) is 0 Å². The van der Waals surface area contributed by atoms with Crippen LogP contribution in [0.3, 0.4) is 0 Å². The normalized spacial score (nSPS) is 28.6. The number of rotatable bonds is 0. The van der Waals surface area contributed by atoms with Gasteiger partial charge in [0.05, 0.1) is 13.2 Å². The average Bonchev–Trinajstić information content (AvgIpc) is 1.87. The van der Waals surface area contributed by atoms with Gasteiger partial charge >= 0.3 is 12.1 Å². The van der Waals surface area contributed by atoms with Crippen molar-refractivity contribution < 1.29 is 23.7 Å². The predicted octanol–water partition coefficient (Wildman–Crippen LogP) is -0.146. The molecular formula is C5H6O5. The highest BCUT2D eigenvalue weighted by Crippen LogP contribution is 2.28. The number of carbonyl (C=O) groups is 1. The van der Waals surface area contributed by atoms with Crippen molar-refractivity contribution >= 4 is 6.16 Å². The molecule has 0 atom stereocenters. The Morgan fingerprint density at radius 1 is 1.30 bits per heavy atom. The van der Waals surface area contributed by atoms with Crippen LogP contribution < -0.4 is 0 Å². The van der Waals surface area contributed by atoms with Crippen LogP contribution in [0.1, 0.15) is 0 Å². The Morgan fingerprint density at radius 2 is 2.10 bits per heavy atom. The van der Waals surface area contributed by atoms with Crippen molar-refractivity contribution in [2.45, 2.75) is 5.97 Å². The highest BCUT2D eigenvalue weighted by molar-refractivity contribution is 5.65. The Balaban J connectivity index is 1.96. The Morgan fingerprint density at radius 3 is 2.60 bits per heavy atom. The molecule has 5 nitrogen and oxygen atoms in total. The fraction of sp³-hybridized carbons (Fsp3) is 0.800. The van der Waals surface area contributed by atoms with Gasteiger partial charge in [0.15, 0.2) is 6.61 Å². The van der Waals surface area contributed by atoms with Crippen molar-refractivity contribution in [2.75, 3.05) is 19.8 Å². The second-order valence-electron chi connectivity index (χ2n) is 2.04. The third kappa shape index (κ3) is 0.748. The second-order valence-corrected chi connectivity index (χ2v) is 2.04. The maximum atomic E-state index is 10.2. The molecule has 56 valence electrons. The summed E-state index contributed by atoms with van der Waals surface area (Å²) in [4.78, 5) is 10.2. The Labute approximate surface area is 56.8 Å². The Bertz CT molecular complexity index is 149. The Hall–Kier alpha value is -0.810. The summed E-state index contributed by atoms with van der Waals surface area (Å²) in [6.07, 6.45) is -0.703. The molecule has 0 aliphatic carbocycles. The van der Waals surface area contributed by atoms with Gasteiger partial charge in [-0.25, -0.2) is 4.79 Å². The first-order chi connectivity index (χ1) is 4.81. The van der Waals surface area contributed by atoms with Crippen LogP contribution in [0.25, 0.3) is 0 Å². The lowest BCUT2D eigenvalue weighted by Crippen LogP contribution is -2.58. The van der Waals surface area contributed by atoms with Gasteiger partial charge in [0.1, 0.15) is 0 Å². The van der Waals surface area contributed by atoms with Crippen LogP contribution in [0, 0.1) is 0 Å². The summed E-state index contributed by atoms with van der Waals surface area (Å²) in [7, 11) is 0. The summed E-state index contributed by atoms with van der Waals surface area (Å²) in [6.45, 7) is 1.08. The molecule has 0 aromatic rings. The Kier molecular flexibility index (Phi) is 1.09. The van der Waals surface area contributed by atoms with E-state index in [4.69, 9.17) is 9.47 Å². The van der Waals surface area contributed by atoms with Gasteiger partial charge in [-0.1, -0.05) is 0 Å². The average molecular weight is 146 g/mol. The quantitative estimate of drug-likeness (QED) is 0.445. The van der Waals surface area contributed by atoms with E-state index in [0.29, 0.717) is 13.2 Å². The first-order valence-electron chi connectivity index (χ1n) is 2.94. The molecule has 5 heteroatoms. The number of carbonyl (C=O) groups excluding carboxylic acids is 1. The van der Waals surface area contributed by atoms with Crippen molar-refractivity contribution in [3.63, 3.8) is 0 Å². The molecule has 0 bridgehead atoms. The smallest absolute Gasteiger partial charge is 0.368 e. The molecule has 0 N–H and O–H groups in total. The summed E-state index contributed by atoms with van der Waals surface area (Å²) in [5.41, 5.74) is 0. The van der Waals surface area contributed by atoms with Gasteiger partial charge in [0.2, 0.25) is 0 Å². The van der Waals surface area contributed by atoms with Crippen LogP contribution in [-0.4, -0.2) is 31.9 Å². The molecule has 2 heterocycles. The van der Waals surface area contributed by atoms with Crippen LogP contribution in [-0.2, 0) is 18.9 Å². The molecule has 0 saturated carbocycles. The molecule has 10 heavy (non-hydrogen) atoms. The maximum absolute atomic E-state index is 10.2. The summed E-state index contributed by atoms with van der Waals surface area (Å²) < 4.78 is 19.0. The molecule has 0 amide bonds. The lowest BCUT2D eigenvalue weighted by molar-refractivity contribution is -0.434. The summed E-state index contributed by atoms with van der Waals surface area (Å²) in [5, 5.41) is 0. The standard InChI is InChI=1S/C5H6O5/c6-4-9-5(10-4)3-7-1-2-8-5/h1-3H2. The molecule has 2 aliphatic rings. The van der Waals surface area contributed by atoms with E-state index in [9.17, 15) is 4.79 Å². The van der Waals surface area contributed by atoms with E-state index in [1.807, 2.05) is 0 Å². The summed E-state index contributed by atoms with van der Waals surface area (Å²) >= 11 is 0. The number of ether oxygens (including phenoxy) is 4. The van der Waals surface area contributed by atoms with E-state index >= 15 is 0 Å². The van der Waals surface area contributed by atoms with Crippen molar-refractivity contribution in [1.82, 2.24) is 0 Å². The van der Waals surface area contributed by atoms with E-state index < -0.39 is 12.1 Å². The lowest BCUT2D eigenvalue weighted by Gasteiger charge is -2.39. The molecule has 1 spiro atoms.